The lowest BCUT2D eigenvalue weighted by molar-refractivity contribution is -0.117. The van der Waals surface area contributed by atoms with Crippen molar-refractivity contribution in [1.82, 2.24) is 5.32 Å². The summed E-state index contributed by atoms with van der Waals surface area (Å²) in [7, 11) is 0. The van der Waals surface area contributed by atoms with Crippen LogP contribution >= 0.6 is 0 Å². The zero-order valence-electron chi connectivity index (χ0n) is 12.8. The fourth-order valence-electron chi connectivity index (χ4n) is 1.74. The average Bonchev–Trinajstić information content (AvgIpc) is 2.39. The molecule has 0 fully saturated rings. The number of hydrogen-bond acceptors (Lipinski definition) is 2. The van der Waals surface area contributed by atoms with Gasteiger partial charge >= 0.3 is 0 Å². The minimum absolute atomic E-state index is 0.0239. The summed E-state index contributed by atoms with van der Waals surface area (Å²) < 4.78 is 5.51. The van der Waals surface area contributed by atoms with E-state index in [4.69, 9.17) is 4.74 Å². The Labute approximate surface area is 118 Å². The van der Waals surface area contributed by atoms with Crippen molar-refractivity contribution >= 4 is 5.91 Å². The predicted octanol–water partition coefficient (Wildman–Crippen LogP) is 3.84. The van der Waals surface area contributed by atoms with Crippen molar-refractivity contribution in [2.45, 2.75) is 65.2 Å². The van der Waals surface area contributed by atoms with E-state index in [1.165, 1.54) is 44.9 Å². The zero-order chi connectivity index (χ0) is 14.3. The Bertz CT molecular complexity index is 239. The van der Waals surface area contributed by atoms with Crippen LogP contribution in [0.15, 0.2) is 12.2 Å². The molecule has 3 nitrogen and oxygen atoms in total. The molecule has 0 bridgehead atoms. The zero-order valence-corrected chi connectivity index (χ0v) is 12.8. The lowest BCUT2D eigenvalue weighted by atomic mass is 10.1. The Kier molecular flexibility index (Phi) is 13.0. The summed E-state index contributed by atoms with van der Waals surface area (Å²) >= 11 is 0. The van der Waals surface area contributed by atoms with Crippen molar-refractivity contribution in [1.29, 1.82) is 0 Å². The number of rotatable bonds is 13. The van der Waals surface area contributed by atoms with E-state index in [0.717, 1.165) is 26.2 Å². The summed E-state index contributed by atoms with van der Waals surface area (Å²) in [5, 5.41) is 2.85. The molecule has 0 aliphatic carbocycles. The molecule has 0 aliphatic heterocycles. The Hall–Kier alpha value is -0.830. The summed E-state index contributed by atoms with van der Waals surface area (Å²) in [5.74, 6) is -0.0239. The highest BCUT2D eigenvalue weighted by molar-refractivity contribution is 5.91. The topological polar surface area (TPSA) is 38.3 Å². The number of hydrogen-bond donors (Lipinski definition) is 1. The Morgan fingerprint density at radius 2 is 1.58 bits per heavy atom. The van der Waals surface area contributed by atoms with E-state index in [2.05, 4.69) is 18.8 Å². The molecule has 0 spiro atoms. The van der Waals surface area contributed by atoms with Crippen LogP contribution in [0, 0.1) is 0 Å². The van der Waals surface area contributed by atoms with Gasteiger partial charge in [0.2, 0.25) is 5.91 Å². The SMILES string of the molecule is C=C(C)C(=O)NCCCCCCCCOCCCC. The first-order chi connectivity index (χ1) is 9.18. The molecule has 1 amide bonds. The molecular formula is C16H31NO2. The van der Waals surface area contributed by atoms with E-state index in [-0.39, 0.29) is 5.91 Å². The van der Waals surface area contributed by atoms with Gasteiger partial charge in [-0.2, -0.15) is 0 Å². The highest BCUT2D eigenvalue weighted by Crippen LogP contribution is 2.05. The smallest absolute Gasteiger partial charge is 0.246 e. The standard InChI is InChI=1S/C16H31NO2/c1-4-5-13-19-14-11-9-7-6-8-10-12-17-16(18)15(2)3/h2,4-14H2,1,3H3,(H,17,18). The van der Waals surface area contributed by atoms with Gasteiger partial charge in [0.1, 0.15) is 0 Å². The van der Waals surface area contributed by atoms with Gasteiger partial charge in [-0.15, -0.1) is 0 Å². The molecule has 0 heterocycles. The van der Waals surface area contributed by atoms with Crippen LogP contribution < -0.4 is 5.32 Å². The molecule has 0 radical (unpaired) electrons. The van der Waals surface area contributed by atoms with Crippen LogP contribution in [0.2, 0.25) is 0 Å². The molecule has 0 atom stereocenters. The van der Waals surface area contributed by atoms with Crippen LogP contribution in [0.25, 0.3) is 0 Å². The van der Waals surface area contributed by atoms with Gasteiger partial charge in [0.05, 0.1) is 0 Å². The molecule has 0 saturated heterocycles. The minimum atomic E-state index is -0.0239. The Morgan fingerprint density at radius 1 is 1.00 bits per heavy atom. The van der Waals surface area contributed by atoms with Crippen molar-refractivity contribution in [2.75, 3.05) is 19.8 Å². The summed E-state index contributed by atoms with van der Waals surface area (Å²) in [6.45, 7) is 10.1. The van der Waals surface area contributed by atoms with E-state index in [9.17, 15) is 4.79 Å². The molecule has 0 aromatic carbocycles. The van der Waals surface area contributed by atoms with Gasteiger partial charge in [0.25, 0.3) is 0 Å². The van der Waals surface area contributed by atoms with Gasteiger partial charge < -0.3 is 10.1 Å². The van der Waals surface area contributed by atoms with Crippen molar-refractivity contribution < 1.29 is 9.53 Å². The van der Waals surface area contributed by atoms with E-state index in [1.54, 1.807) is 6.92 Å². The molecule has 0 unspecified atom stereocenters. The third-order valence-corrected chi connectivity index (χ3v) is 3.03. The highest BCUT2D eigenvalue weighted by Gasteiger charge is 1.99. The van der Waals surface area contributed by atoms with Crippen LogP contribution in [0.4, 0.5) is 0 Å². The maximum Gasteiger partial charge on any atom is 0.246 e. The van der Waals surface area contributed by atoms with Gasteiger partial charge in [-0.05, 0) is 26.2 Å². The number of nitrogens with one attached hydrogen (secondary N) is 1. The van der Waals surface area contributed by atoms with Gasteiger partial charge in [-0.3, -0.25) is 4.79 Å². The third-order valence-electron chi connectivity index (χ3n) is 3.03. The maximum absolute atomic E-state index is 11.2. The fourth-order valence-corrected chi connectivity index (χ4v) is 1.74. The third kappa shape index (κ3) is 13.4. The van der Waals surface area contributed by atoms with Crippen LogP contribution in [0.3, 0.4) is 0 Å². The van der Waals surface area contributed by atoms with Gasteiger partial charge in [0.15, 0.2) is 0 Å². The van der Waals surface area contributed by atoms with Crippen LogP contribution in [0.1, 0.15) is 65.2 Å². The normalized spacial score (nSPS) is 10.4. The van der Waals surface area contributed by atoms with Crippen molar-refractivity contribution in [3.05, 3.63) is 12.2 Å². The average molecular weight is 269 g/mol. The molecule has 3 heteroatoms. The van der Waals surface area contributed by atoms with Gasteiger partial charge in [0, 0.05) is 25.3 Å². The number of amides is 1. The Balaban J connectivity index is 3.07. The molecule has 0 aromatic heterocycles. The quantitative estimate of drug-likeness (QED) is 0.407. The monoisotopic (exact) mass is 269 g/mol. The van der Waals surface area contributed by atoms with Crippen LogP contribution in [0.5, 0.6) is 0 Å². The molecule has 0 aromatic rings. The summed E-state index contributed by atoms with van der Waals surface area (Å²) in [6.07, 6.45) is 9.58. The first-order valence-corrected chi connectivity index (χ1v) is 7.70. The Morgan fingerprint density at radius 3 is 2.21 bits per heavy atom. The second kappa shape index (κ2) is 13.6. The second-order valence-corrected chi connectivity index (χ2v) is 5.12. The van der Waals surface area contributed by atoms with Gasteiger partial charge in [-0.1, -0.05) is 45.6 Å². The summed E-state index contributed by atoms with van der Waals surface area (Å²) in [6, 6.07) is 0. The maximum atomic E-state index is 11.2. The largest absolute Gasteiger partial charge is 0.381 e. The van der Waals surface area contributed by atoms with Crippen molar-refractivity contribution in [3.63, 3.8) is 0 Å². The number of carbonyl (C=O) groups is 1. The predicted molar refractivity (Wildman–Crippen MR) is 81.3 cm³/mol. The molecular weight excluding hydrogens is 238 g/mol. The first kappa shape index (κ1) is 18.2. The molecule has 19 heavy (non-hydrogen) atoms. The molecule has 112 valence electrons. The van der Waals surface area contributed by atoms with E-state index < -0.39 is 0 Å². The van der Waals surface area contributed by atoms with Crippen molar-refractivity contribution in [3.8, 4) is 0 Å². The van der Waals surface area contributed by atoms with Gasteiger partial charge in [-0.25, -0.2) is 0 Å². The number of unbranched alkanes of at least 4 members (excludes halogenated alkanes) is 6. The lowest BCUT2D eigenvalue weighted by Crippen LogP contribution is -2.24. The molecule has 1 N–H and O–H groups in total. The highest BCUT2D eigenvalue weighted by atomic mass is 16.5. The van der Waals surface area contributed by atoms with Crippen LogP contribution in [-0.4, -0.2) is 25.7 Å². The molecule has 0 saturated carbocycles. The second-order valence-electron chi connectivity index (χ2n) is 5.12. The summed E-state index contributed by atoms with van der Waals surface area (Å²) in [5.41, 5.74) is 0.586. The van der Waals surface area contributed by atoms with E-state index >= 15 is 0 Å². The van der Waals surface area contributed by atoms with Crippen LogP contribution in [-0.2, 0) is 9.53 Å². The van der Waals surface area contributed by atoms with Crippen molar-refractivity contribution in [2.24, 2.45) is 0 Å². The number of ether oxygens (including phenoxy) is 1. The number of carbonyl (C=O) groups excluding carboxylic acids is 1. The van der Waals surface area contributed by atoms with E-state index in [0.29, 0.717) is 5.57 Å². The first-order valence-electron chi connectivity index (χ1n) is 7.70. The lowest BCUT2D eigenvalue weighted by Gasteiger charge is -2.05. The molecule has 0 aliphatic rings. The summed E-state index contributed by atoms with van der Waals surface area (Å²) in [4.78, 5) is 11.2. The van der Waals surface area contributed by atoms with E-state index in [1.807, 2.05) is 0 Å². The fraction of sp³-hybridized carbons (Fsp3) is 0.812. The molecule has 0 rings (SSSR count). The minimum Gasteiger partial charge on any atom is -0.381 e.